The van der Waals surface area contributed by atoms with Gasteiger partial charge in [-0.05, 0) is 63.5 Å². The lowest BCUT2D eigenvalue weighted by Gasteiger charge is -2.31. The van der Waals surface area contributed by atoms with Crippen LogP contribution in [0.3, 0.4) is 0 Å². The van der Waals surface area contributed by atoms with Crippen LogP contribution in [0.15, 0.2) is 77.8 Å². The van der Waals surface area contributed by atoms with Crippen molar-refractivity contribution in [3.8, 4) is 0 Å². The Labute approximate surface area is 194 Å². The highest BCUT2D eigenvalue weighted by Gasteiger charge is 2.22. The van der Waals surface area contributed by atoms with Crippen LogP contribution in [-0.2, 0) is 4.79 Å². The number of aryl methyl sites for hydroxylation is 2. The van der Waals surface area contributed by atoms with Crippen LogP contribution in [0.5, 0.6) is 0 Å². The van der Waals surface area contributed by atoms with Gasteiger partial charge in [0.2, 0.25) is 0 Å². The molecule has 5 heterocycles. The van der Waals surface area contributed by atoms with E-state index in [0.29, 0.717) is 6.04 Å². The smallest absolute Gasteiger partial charge is 0.255 e. The molecular weight excluding hydrogens is 410 g/mol. The average molecular weight is 440 g/mol. The van der Waals surface area contributed by atoms with Crippen LogP contribution in [-0.4, -0.2) is 49.4 Å². The summed E-state index contributed by atoms with van der Waals surface area (Å²) in [5.41, 5.74) is 7.58. The summed E-state index contributed by atoms with van der Waals surface area (Å²) in [7, 11) is 0. The first-order chi connectivity index (χ1) is 15.9. The Morgan fingerprint density at radius 2 is 1.94 bits per heavy atom. The summed E-state index contributed by atoms with van der Waals surface area (Å²) in [6.07, 6.45) is 18.9. The van der Waals surface area contributed by atoms with Gasteiger partial charge in [0.15, 0.2) is 0 Å². The van der Waals surface area contributed by atoms with E-state index in [1.807, 2.05) is 61.1 Å². The molecule has 0 N–H and O–H groups in total. The lowest BCUT2D eigenvalue weighted by molar-refractivity contribution is -0.122. The number of hydrogen-bond donors (Lipinski definition) is 0. The predicted molar refractivity (Wildman–Crippen MR) is 131 cm³/mol. The van der Waals surface area contributed by atoms with E-state index in [1.165, 1.54) is 5.57 Å². The molecule has 0 fully saturated rings. The predicted octanol–water partition coefficient (Wildman–Crippen LogP) is 4.51. The molecule has 0 aromatic carbocycles. The Morgan fingerprint density at radius 3 is 2.70 bits per heavy atom. The summed E-state index contributed by atoms with van der Waals surface area (Å²) in [4.78, 5) is 22.0. The molecule has 6 nitrogen and oxygen atoms in total. The standard InChI is InChI=1S/C27H29N5O/c1-18(2)30-12-10-21(11-13-30)23-8-9-24-7-5-6-22(14-27(33)31(24)17-23)25-15-26-20(4)28-19(3)16-32(26)29-25/h5-10,14-18H,11-13H2,1-4H3/b6-5?,22-14?,24-7+. The van der Waals surface area contributed by atoms with Gasteiger partial charge in [-0.15, -0.1) is 0 Å². The third-order valence-electron chi connectivity index (χ3n) is 6.44. The molecule has 5 rings (SSSR count). The van der Waals surface area contributed by atoms with E-state index in [4.69, 9.17) is 5.10 Å². The topological polar surface area (TPSA) is 53.7 Å². The molecule has 0 bridgehead atoms. The third kappa shape index (κ3) is 4.14. The molecule has 0 saturated carbocycles. The van der Waals surface area contributed by atoms with Gasteiger partial charge in [0.05, 0.1) is 28.8 Å². The number of allylic oxidation sites excluding steroid dienone is 7. The summed E-state index contributed by atoms with van der Waals surface area (Å²) < 4.78 is 1.84. The largest absolute Gasteiger partial charge is 0.297 e. The summed E-state index contributed by atoms with van der Waals surface area (Å²) in [5, 5.41) is 4.70. The maximum absolute atomic E-state index is 13.3. The van der Waals surface area contributed by atoms with Crippen LogP contribution in [0, 0.1) is 13.8 Å². The van der Waals surface area contributed by atoms with Gasteiger partial charge in [0.25, 0.3) is 5.91 Å². The highest BCUT2D eigenvalue weighted by Crippen LogP contribution is 2.29. The third-order valence-corrected chi connectivity index (χ3v) is 6.44. The van der Waals surface area contributed by atoms with Gasteiger partial charge in [-0.1, -0.05) is 24.3 Å². The van der Waals surface area contributed by atoms with E-state index in [1.54, 1.807) is 11.0 Å². The molecule has 2 aromatic heterocycles. The van der Waals surface area contributed by atoms with E-state index in [-0.39, 0.29) is 5.91 Å². The number of aromatic nitrogens is 3. The molecule has 2 aromatic rings. The van der Waals surface area contributed by atoms with Gasteiger partial charge in [0, 0.05) is 42.7 Å². The Kier molecular flexibility index (Phi) is 5.46. The van der Waals surface area contributed by atoms with Crippen molar-refractivity contribution in [2.75, 3.05) is 13.1 Å². The summed E-state index contributed by atoms with van der Waals surface area (Å²) >= 11 is 0. The first kappa shape index (κ1) is 21.3. The van der Waals surface area contributed by atoms with Crippen molar-refractivity contribution in [3.05, 3.63) is 94.9 Å². The van der Waals surface area contributed by atoms with E-state index in [9.17, 15) is 4.79 Å². The maximum atomic E-state index is 13.3. The van der Waals surface area contributed by atoms with Gasteiger partial charge >= 0.3 is 0 Å². The van der Waals surface area contributed by atoms with Crippen molar-refractivity contribution in [2.24, 2.45) is 0 Å². The van der Waals surface area contributed by atoms with Crippen LogP contribution in [0.25, 0.3) is 11.1 Å². The van der Waals surface area contributed by atoms with Crippen LogP contribution in [0.4, 0.5) is 0 Å². The lowest BCUT2D eigenvalue weighted by Crippen LogP contribution is -2.35. The molecule has 6 heteroatoms. The Hall–Kier alpha value is -3.51. The van der Waals surface area contributed by atoms with E-state index < -0.39 is 0 Å². The number of nitrogens with zero attached hydrogens (tertiary/aromatic N) is 5. The minimum atomic E-state index is -0.0780. The Morgan fingerprint density at radius 1 is 1.09 bits per heavy atom. The molecule has 0 unspecified atom stereocenters. The Bertz CT molecular complexity index is 1320. The molecule has 3 aliphatic heterocycles. The fraction of sp³-hybridized carbons (Fsp3) is 0.296. The molecule has 0 aliphatic carbocycles. The second kappa shape index (κ2) is 8.45. The van der Waals surface area contributed by atoms with Crippen LogP contribution < -0.4 is 0 Å². The first-order valence-corrected chi connectivity index (χ1v) is 11.5. The minimum absolute atomic E-state index is 0.0780. The number of amides is 1. The van der Waals surface area contributed by atoms with Crippen LogP contribution >= 0.6 is 0 Å². The molecular formula is C27H29N5O. The Balaban J connectivity index is 1.46. The molecule has 1 amide bonds. The molecule has 33 heavy (non-hydrogen) atoms. The zero-order valence-electron chi connectivity index (χ0n) is 19.6. The van der Waals surface area contributed by atoms with E-state index >= 15 is 0 Å². The van der Waals surface area contributed by atoms with Gasteiger partial charge in [-0.25, -0.2) is 4.52 Å². The van der Waals surface area contributed by atoms with Crippen molar-refractivity contribution in [3.63, 3.8) is 0 Å². The number of carbonyl (C=O) groups is 1. The zero-order valence-corrected chi connectivity index (χ0v) is 19.6. The van der Waals surface area contributed by atoms with Crippen molar-refractivity contribution < 1.29 is 4.79 Å². The first-order valence-electron chi connectivity index (χ1n) is 11.5. The van der Waals surface area contributed by atoms with E-state index in [2.05, 4.69) is 35.9 Å². The van der Waals surface area contributed by atoms with Crippen molar-refractivity contribution in [2.45, 2.75) is 40.2 Å². The zero-order chi connectivity index (χ0) is 23.1. The fourth-order valence-electron chi connectivity index (χ4n) is 4.54. The van der Waals surface area contributed by atoms with Gasteiger partial charge in [0.1, 0.15) is 0 Å². The SMILES string of the molecule is Cc1cn2nc(C3=CC(=O)N4C=C(C5=CCN(C(C)C)CC5)C=C/C4=C\C=C3)cc2c(C)n1. The fourth-order valence-corrected chi connectivity index (χ4v) is 4.54. The number of hydrogen-bond acceptors (Lipinski definition) is 4. The van der Waals surface area contributed by atoms with E-state index in [0.717, 1.165) is 59.0 Å². The molecule has 0 spiro atoms. The number of fused-ring (bicyclic) bond motifs is 2. The second-order valence-electron chi connectivity index (χ2n) is 9.07. The van der Waals surface area contributed by atoms with Crippen molar-refractivity contribution in [1.29, 1.82) is 0 Å². The highest BCUT2D eigenvalue weighted by molar-refractivity contribution is 5.99. The van der Waals surface area contributed by atoms with Gasteiger partial charge in [-0.2, -0.15) is 5.10 Å². The number of rotatable bonds is 3. The highest BCUT2D eigenvalue weighted by atomic mass is 16.2. The normalized spacial score (nSPS) is 20.8. The number of carbonyl (C=O) groups excluding carboxylic acids is 1. The quantitative estimate of drug-likeness (QED) is 0.706. The average Bonchev–Trinajstić information content (AvgIpc) is 3.21. The summed E-state index contributed by atoms with van der Waals surface area (Å²) in [6, 6.07) is 2.53. The monoisotopic (exact) mass is 439 g/mol. The van der Waals surface area contributed by atoms with Gasteiger partial charge in [-0.3, -0.25) is 19.6 Å². The van der Waals surface area contributed by atoms with Crippen molar-refractivity contribution >= 4 is 17.0 Å². The van der Waals surface area contributed by atoms with Crippen LogP contribution in [0.2, 0.25) is 0 Å². The summed E-state index contributed by atoms with van der Waals surface area (Å²) in [6.45, 7) is 10.4. The van der Waals surface area contributed by atoms with Gasteiger partial charge < -0.3 is 0 Å². The van der Waals surface area contributed by atoms with Crippen LogP contribution in [0.1, 0.15) is 37.4 Å². The lowest BCUT2D eigenvalue weighted by atomic mass is 9.96. The molecule has 0 radical (unpaired) electrons. The second-order valence-corrected chi connectivity index (χ2v) is 9.07. The molecule has 3 aliphatic rings. The molecule has 0 atom stereocenters. The molecule has 0 saturated heterocycles. The van der Waals surface area contributed by atoms with Crippen molar-refractivity contribution in [1.82, 2.24) is 24.4 Å². The summed E-state index contributed by atoms with van der Waals surface area (Å²) in [5.74, 6) is -0.0780. The molecule has 168 valence electrons. The maximum Gasteiger partial charge on any atom is 0.255 e. The minimum Gasteiger partial charge on any atom is -0.297 e.